The van der Waals surface area contributed by atoms with Crippen LogP contribution < -0.4 is 15.4 Å². The first-order valence-corrected chi connectivity index (χ1v) is 8.34. The molecule has 0 spiro atoms. The van der Waals surface area contributed by atoms with E-state index >= 15 is 0 Å². The van der Waals surface area contributed by atoms with Gasteiger partial charge in [-0.1, -0.05) is 6.92 Å². The monoisotopic (exact) mass is 296 g/mol. The van der Waals surface area contributed by atoms with Crippen LogP contribution in [-0.2, 0) is 0 Å². The van der Waals surface area contributed by atoms with Gasteiger partial charge in [-0.2, -0.15) is 11.8 Å². The first-order chi connectivity index (χ1) is 9.78. The highest BCUT2D eigenvalue weighted by atomic mass is 32.2. The Balaban J connectivity index is 2.04. The maximum Gasteiger partial charge on any atom is 0.204 e. The van der Waals surface area contributed by atoms with Gasteiger partial charge in [0.05, 0.1) is 7.11 Å². The molecular weight excluding hydrogens is 272 g/mol. The predicted octanol–water partition coefficient (Wildman–Crippen LogP) is 3.00. The van der Waals surface area contributed by atoms with Crippen LogP contribution in [0.3, 0.4) is 0 Å². The Hall–Kier alpha value is -1.17. The van der Waals surface area contributed by atoms with E-state index in [9.17, 15) is 0 Å². The van der Waals surface area contributed by atoms with E-state index in [0.717, 1.165) is 23.4 Å². The maximum atomic E-state index is 5.46. The molecule has 1 saturated carbocycles. The van der Waals surface area contributed by atoms with Crippen LogP contribution in [0.15, 0.2) is 6.33 Å². The van der Waals surface area contributed by atoms with E-state index in [-0.39, 0.29) is 0 Å². The van der Waals surface area contributed by atoms with Crippen molar-refractivity contribution in [1.82, 2.24) is 9.97 Å². The molecule has 2 atom stereocenters. The van der Waals surface area contributed by atoms with E-state index < -0.39 is 0 Å². The number of aromatic nitrogens is 2. The standard InChI is InChI=1S/C14H24N4OS/c1-4-15-13-12(19-3)14(17-9-16-13)18-10-6-7-11(8-10)20-5-2/h9-11H,4-8H2,1-3H3,(H2,15,16,17,18). The molecule has 1 aliphatic carbocycles. The molecule has 1 aliphatic rings. The molecule has 2 N–H and O–H groups in total. The summed E-state index contributed by atoms with van der Waals surface area (Å²) in [6, 6.07) is 0.484. The van der Waals surface area contributed by atoms with Gasteiger partial charge in [0.25, 0.3) is 0 Å². The van der Waals surface area contributed by atoms with Crippen molar-refractivity contribution in [1.29, 1.82) is 0 Å². The number of methoxy groups -OCH3 is 1. The topological polar surface area (TPSA) is 59.1 Å². The fourth-order valence-electron chi connectivity index (χ4n) is 2.61. The lowest BCUT2D eigenvalue weighted by Gasteiger charge is -2.17. The predicted molar refractivity (Wildman–Crippen MR) is 85.9 cm³/mol. The Labute approximate surface area is 125 Å². The van der Waals surface area contributed by atoms with E-state index in [2.05, 4.69) is 39.3 Å². The molecule has 2 rings (SSSR count). The molecular formula is C14H24N4OS. The fourth-order valence-corrected chi connectivity index (χ4v) is 3.76. The highest BCUT2D eigenvalue weighted by molar-refractivity contribution is 7.99. The van der Waals surface area contributed by atoms with Gasteiger partial charge in [-0.25, -0.2) is 9.97 Å². The minimum atomic E-state index is 0.484. The lowest BCUT2D eigenvalue weighted by molar-refractivity contribution is 0.414. The molecule has 1 aromatic heterocycles. The van der Waals surface area contributed by atoms with Gasteiger partial charge in [0, 0.05) is 17.8 Å². The molecule has 2 unspecified atom stereocenters. The van der Waals surface area contributed by atoms with Crippen LogP contribution in [0.2, 0.25) is 0 Å². The van der Waals surface area contributed by atoms with Gasteiger partial charge in [0.2, 0.25) is 5.75 Å². The highest BCUT2D eigenvalue weighted by Gasteiger charge is 2.26. The summed E-state index contributed by atoms with van der Waals surface area (Å²) in [5.74, 6) is 3.45. The lowest BCUT2D eigenvalue weighted by atomic mass is 10.2. The molecule has 5 nitrogen and oxygen atoms in total. The summed E-state index contributed by atoms with van der Waals surface area (Å²) in [5.41, 5.74) is 0. The number of rotatable bonds is 7. The number of nitrogens with zero attached hydrogens (tertiary/aromatic N) is 2. The highest BCUT2D eigenvalue weighted by Crippen LogP contribution is 2.34. The first kappa shape index (κ1) is 15.2. The number of hydrogen-bond acceptors (Lipinski definition) is 6. The minimum Gasteiger partial charge on any atom is -0.490 e. The molecule has 0 aliphatic heterocycles. The Morgan fingerprint density at radius 2 is 2.10 bits per heavy atom. The van der Waals surface area contributed by atoms with Crippen LogP contribution >= 0.6 is 11.8 Å². The molecule has 1 fully saturated rings. The molecule has 1 heterocycles. The Bertz CT molecular complexity index is 430. The summed E-state index contributed by atoms with van der Waals surface area (Å²) in [4.78, 5) is 8.56. The molecule has 0 radical (unpaired) electrons. The van der Waals surface area contributed by atoms with E-state index in [1.807, 2.05) is 6.92 Å². The molecule has 0 aromatic carbocycles. The molecule has 0 amide bonds. The molecule has 20 heavy (non-hydrogen) atoms. The van der Waals surface area contributed by atoms with Gasteiger partial charge in [-0.3, -0.25) is 0 Å². The fraction of sp³-hybridized carbons (Fsp3) is 0.714. The van der Waals surface area contributed by atoms with Crippen molar-refractivity contribution >= 4 is 23.4 Å². The van der Waals surface area contributed by atoms with Crippen LogP contribution in [0, 0.1) is 0 Å². The molecule has 0 saturated heterocycles. The van der Waals surface area contributed by atoms with Crippen LogP contribution in [0.5, 0.6) is 5.75 Å². The van der Waals surface area contributed by atoms with Crippen molar-refractivity contribution in [2.45, 2.75) is 44.4 Å². The van der Waals surface area contributed by atoms with Crippen molar-refractivity contribution in [3.8, 4) is 5.75 Å². The summed E-state index contributed by atoms with van der Waals surface area (Å²) in [5, 5.41) is 7.50. The smallest absolute Gasteiger partial charge is 0.204 e. The van der Waals surface area contributed by atoms with Gasteiger partial charge in [-0.05, 0) is 31.9 Å². The summed E-state index contributed by atoms with van der Waals surface area (Å²) >= 11 is 2.06. The Morgan fingerprint density at radius 3 is 2.80 bits per heavy atom. The second kappa shape index (κ2) is 7.57. The number of anilines is 2. The van der Waals surface area contributed by atoms with Gasteiger partial charge in [-0.15, -0.1) is 0 Å². The largest absolute Gasteiger partial charge is 0.490 e. The molecule has 0 bridgehead atoms. The quantitative estimate of drug-likeness (QED) is 0.806. The summed E-state index contributed by atoms with van der Waals surface area (Å²) in [7, 11) is 1.66. The number of ether oxygens (including phenoxy) is 1. The normalized spacial score (nSPS) is 21.8. The molecule has 1 aromatic rings. The second-order valence-corrected chi connectivity index (χ2v) is 6.44. The van der Waals surface area contributed by atoms with E-state index in [0.29, 0.717) is 11.8 Å². The van der Waals surface area contributed by atoms with Crippen LogP contribution in [0.25, 0.3) is 0 Å². The van der Waals surface area contributed by atoms with Gasteiger partial charge < -0.3 is 15.4 Å². The zero-order chi connectivity index (χ0) is 14.4. The number of nitrogens with one attached hydrogen (secondary N) is 2. The van der Waals surface area contributed by atoms with Gasteiger partial charge in [0.15, 0.2) is 11.6 Å². The third-order valence-corrected chi connectivity index (χ3v) is 4.71. The van der Waals surface area contributed by atoms with Gasteiger partial charge >= 0.3 is 0 Å². The summed E-state index contributed by atoms with van der Waals surface area (Å²) < 4.78 is 5.46. The minimum absolute atomic E-state index is 0.484. The van der Waals surface area contributed by atoms with Crippen molar-refractivity contribution in [3.63, 3.8) is 0 Å². The SMILES string of the molecule is CCNc1ncnc(NC2CCC(SCC)C2)c1OC. The Morgan fingerprint density at radius 1 is 1.30 bits per heavy atom. The van der Waals surface area contributed by atoms with E-state index in [1.54, 1.807) is 13.4 Å². The van der Waals surface area contributed by atoms with Crippen LogP contribution in [-0.4, -0.2) is 40.7 Å². The van der Waals surface area contributed by atoms with Crippen molar-refractivity contribution in [3.05, 3.63) is 6.33 Å². The number of hydrogen-bond donors (Lipinski definition) is 2. The third kappa shape index (κ3) is 3.69. The summed E-state index contributed by atoms with van der Waals surface area (Å²) in [6.07, 6.45) is 5.25. The lowest BCUT2D eigenvalue weighted by Crippen LogP contribution is -2.18. The third-order valence-electron chi connectivity index (χ3n) is 3.48. The van der Waals surface area contributed by atoms with Crippen molar-refractivity contribution < 1.29 is 4.74 Å². The Kier molecular flexibility index (Phi) is 5.76. The van der Waals surface area contributed by atoms with Crippen LogP contribution in [0.4, 0.5) is 11.6 Å². The van der Waals surface area contributed by atoms with Gasteiger partial charge in [0.1, 0.15) is 6.33 Å². The maximum absolute atomic E-state index is 5.46. The second-order valence-electron chi connectivity index (χ2n) is 4.87. The van der Waals surface area contributed by atoms with Crippen LogP contribution in [0.1, 0.15) is 33.1 Å². The number of thioether (sulfide) groups is 1. The molecule has 6 heteroatoms. The zero-order valence-electron chi connectivity index (χ0n) is 12.5. The van der Waals surface area contributed by atoms with E-state index in [1.165, 1.54) is 25.0 Å². The zero-order valence-corrected chi connectivity index (χ0v) is 13.3. The average Bonchev–Trinajstić information content (AvgIpc) is 2.87. The first-order valence-electron chi connectivity index (χ1n) is 7.29. The van der Waals surface area contributed by atoms with Crippen molar-refractivity contribution in [2.75, 3.05) is 30.0 Å². The van der Waals surface area contributed by atoms with E-state index in [4.69, 9.17) is 4.74 Å². The average molecular weight is 296 g/mol. The van der Waals surface area contributed by atoms with Crippen molar-refractivity contribution in [2.24, 2.45) is 0 Å². The molecule has 112 valence electrons. The summed E-state index contributed by atoms with van der Waals surface area (Å²) in [6.45, 7) is 5.07.